The number of hydrogen-bond acceptors (Lipinski definition) is 10. The van der Waals surface area contributed by atoms with E-state index in [0.29, 0.717) is 28.3 Å². The molecule has 0 saturated carbocycles. The Hall–Kier alpha value is -5.20. The van der Waals surface area contributed by atoms with Gasteiger partial charge in [0.15, 0.2) is 0 Å². The molecule has 2 amide bonds. The summed E-state index contributed by atoms with van der Waals surface area (Å²) in [5.41, 5.74) is 4.66. The number of nitrogens with zero attached hydrogens (tertiary/aromatic N) is 3. The van der Waals surface area contributed by atoms with Crippen LogP contribution in [0, 0.1) is 5.41 Å². The molecule has 2 unspecified atom stereocenters. The zero-order chi connectivity index (χ0) is 44.7. The number of anilines is 2. The first kappa shape index (κ1) is 44.8. The fourth-order valence-corrected chi connectivity index (χ4v) is 10.5. The number of likely N-dealkylation sites (tertiary alicyclic amines) is 1. The summed E-state index contributed by atoms with van der Waals surface area (Å²) in [5, 5.41) is 15.1. The van der Waals surface area contributed by atoms with Gasteiger partial charge in [-0.15, -0.1) is 23.5 Å². The lowest BCUT2D eigenvalue weighted by Crippen LogP contribution is -2.42. The fourth-order valence-electron chi connectivity index (χ4n) is 9.04. The standard InChI is InChI=1S/C50H58N4O6S2/c1-29(2)53-31(5)49(7,8)37-25-35(39(27-41(37)53)51-47(57)59-21-23-61-33-17-13-11-14-18-33)43-45(55)44(46(43)56)36-26-38-42(54(30(3)4)32(6)50(38,9)10)28-40(36)52-48(58)60-22-24-62-34-19-15-12-16-20-34/h11-20,25-32,55H,21-24H2,1-10H3,(H,51,57)/b44-36-,52-40+. The lowest BCUT2D eigenvalue weighted by Gasteiger charge is -2.34. The summed E-state index contributed by atoms with van der Waals surface area (Å²) >= 11 is 3.16. The topological polar surface area (TPSA) is 121 Å². The molecule has 0 bridgehead atoms. The van der Waals surface area contributed by atoms with E-state index < -0.39 is 18.0 Å². The van der Waals surface area contributed by atoms with Crippen LogP contribution in [-0.2, 0) is 19.7 Å². The molecular weight excluding hydrogens is 817 g/mol. The van der Waals surface area contributed by atoms with E-state index >= 15 is 0 Å². The van der Waals surface area contributed by atoms with Gasteiger partial charge in [-0.05, 0) is 101 Å². The van der Waals surface area contributed by atoms with Crippen LogP contribution in [0.25, 0.3) is 5.57 Å². The van der Waals surface area contributed by atoms with Gasteiger partial charge in [-0.2, -0.15) is 4.99 Å². The van der Waals surface area contributed by atoms with Gasteiger partial charge in [-0.1, -0.05) is 64.1 Å². The molecule has 0 aromatic heterocycles. The quantitative estimate of drug-likeness (QED) is 0.103. The monoisotopic (exact) mass is 874 g/mol. The molecule has 1 saturated heterocycles. The number of aliphatic hydroxyl groups excluding tert-OH is 1. The molecule has 2 aliphatic heterocycles. The number of allylic oxidation sites excluding steroid dienone is 6. The molecule has 0 radical (unpaired) electrons. The first-order chi connectivity index (χ1) is 29.4. The first-order valence-electron chi connectivity index (χ1n) is 21.4. The maximum Gasteiger partial charge on any atom is 0.434 e. The molecule has 7 rings (SSSR count). The number of carbonyl (C=O) groups is 3. The molecule has 12 heteroatoms. The summed E-state index contributed by atoms with van der Waals surface area (Å²) in [6.45, 7) is 21.8. The van der Waals surface area contributed by atoms with Crippen LogP contribution in [0.4, 0.5) is 21.0 Å². The highest BCUT2D eigenvalue weighted by Gasteiger charge is 2.49. The van der Waals surface area contributed by atoms with Crippen LogP contribution in [0.1, 0.15) is 80.4 Å². The SMILES string of the molecule is CC(C)N1C2=CC(=N\C(=O)OCCSc3ccccc3)/C(=C3\C(=O)C(c4cc5c(cc4NC(=O)OCCSc4ccccc4)N(C(C)C)C(C)C5(C)C)=C3O)C=C2C(C)(C)C1C. The molecule has 1 fully saturated rings. The molecule has 2 atom stereocenters. The largest absolute Gasteiger partial charge is 0.506 e. The highest BCUT2D eigenvalue weighted by atomic mass is 32.2. The number of aliphatic imine (C=N–C) groups is 1. The van der Waals surface area contributed by atoms with Gasteiger partial charge in [-0.3, -0.25) is 10.1 Å². The van der Waals surface area contributed by atoms with Crippen molar-refractivity contribution in [2.75, 3.05) is 34.9 Å². The lowest BCUT2D eigenvalue weighted by molar-refractivity contribution is -0.111. The van der Waals surface area contributed by atoms with Gasteiger partial charge < -0.3 is 24.4 Å². The summed E-state index contributed by atoms with van der Waals surface area (Å²) in [4.78, 5) is 52.8. The zero-order valence-electron chi connectivity index (χ0n) is 37.4. The molecule has 10 nitrogen and oxygen atoms in total. The second-order valence-electron chi connectivity index (χ2n) is 17.8. The van der Waals surface area contributed by atoms with Crippen molar-refractivity contribution < 1.29 is 29.0 Å². The van der Waals surface area contributed by atoms with E-state index in [2.05, 4.69) is 89.3 Å². The molecule has 62 heavy (non-hydrogen) atoms. The second-order valence-corrected chi connectivity index (χ2v) is 20.2. The van der Waals surface area contributed by atoms with Gasteiger partial charge >= 0.3 is 12.2 Å². The van der Waals surface area contributed by atoms with Crippen molar-refractivity contribution >= 4 is 64.2 Å². The Morgan fingerprint density at radius 2 is 1.35 bits per heavy atom. The third-order valence-corrected chi connectivity index (χ3v) is 14.7. The Morgan fingerprint density at radius 3 is 1.92 bits per heavy atom. The van der Waals surface area contributed by atoms with Crippen molar-refractivity contribution in [2.24, 2.45) is 10.4 Å². The summed E-state index contributed by atoms with van der Waals surface area (Å²) < 4.78 is 11.2. The number of carbonyl (C=O) groups excluding carboxylic acids is 3. The highest BCUT2D eigenvalue weighted by molar-refractivity contribution is 7.99. The van der Waals surface area contributed by atoms with Crippen molar-refractivity contribution in [2.45, 2.75) is 109 Å². The van der Waals surface area contributed by atoms with Crippen molar-refractivity contribution in [3.05, 3.63) is 124 Å². The van der Waals surface area contributed by atoms with Gasteiger partial charge in [0.25, 0.3) is 0 Å². The van der Waals surface area contributed by atoms with E-state index in [0.717, 1.165) is 32.3 Å². The van der Waals surface area contributed by atoms with Crippen LogP contribution in [0.3, 0.4) is 0 Å². The normalized spacial score (nSPS) is 21.8. The number of fused-ring (bicyclic) bond motifs is 2. The number of ketones is 1. The van der Waals surface area contributed by atoms with Crippen molar-refractivity contribution in [1.29, 1.82) is 0 Å². The number of benzene rings is 3. The van der Waals surface area contributed by atoms with E-state index in [1.54, 1.807) is 23.5 Å². The lowest BCUT2D eigenvalue weighted by atomic mass is 9.73. The zero-order valence-corrected chi connectivity index (χ0v) is 39.0. The van der Waals surface area contributed by atoms with Gasteiger partial charge in [0.05, 0.1) is 22.5 Å². The maximum atomic E-state index is 14.8. The minimum atomic E-state index is -0.783. The Morgan fingerprint density at radius 1 is 0.790 bits per heavy atom. The van der Waals surface area contributed by atoms with E-state index in [1.807, 2.05) is 84.9 Å². The number of amides is 2. The highest BCUT2D eigenvalue weighted by Crippen LogP contribution is 2.53. The number of hydrogen-bond donors (Lipinski definition) is 2. The number of rotatable bonds is 12. The molecule has 3 aromatic rings. The van der Waals surface area contributed by atoms with Gasteiger partial charge in [0, 0.05) is 78.8 Å². The fraction of sp³-hybridized carbons (Fsp3) is 0.400. The molecule has 2 N–H and O–H groups in total. The Balaban J connectivity index is 1.27. The van der Waals surface area contributed by atoms with Gasteiger partial charge in [0.1, 0.15) is 19.0 Å². The number of nitrogens with one attached hydrogen (secondary N) is 1. The Bertz CT molecular complexity index is 2410. The third-order valence-electron chi connectivity index (χ3n) is 12.8. The predicted octanol–water partition coefficient (Wildman–Crippen LogP) is 11.4. The Labute approximate surface area is 374 Å². The Kier molecular flexibility index (Phi) is 12.9. The van der Waals surface area contributed by atoms with E-state index in [-0.39, 0.29) is 70.8 Å². The predicted molar refractivity (Wildman–Crippen MR) is 253 cm³/mol. The maximum absolute atomic E-state index is 14.8. The van der Waals surface area contributed by atoms with E-state index in [1.165, 1.54) is 0 Å². The average molecular weight is 875 g/mol. The molecular formula is C50H58N4O6S2. The molecule has 326 valence electrons. The van der Waals surface area contributed by atoms with Crippen molar-refractivity contribution in [1.82, 2.24) is 4.90 Å². The number of ether oxygens (including phenoxy) is 2. The average Bonchev–Trinajstić information content (AvgIpc) is 3.55. The second kappa shape index (κ2) is 17.9. The summed E-state index contributed by atoms with van der Waals surface area (Å²) in [6.07, 6.45) is 2.31. The third kappa shape index (κ3) is 8.48. The van der Waals surface area contributed by atoms with E-state index in [9.17, 15) is 19.5 Å². The summed E-state index contributed by atoms with van der Waals surface area (Å²) in [6, 6.07) is 24.1. The molecule has 2 aliphatic carbocycles. The van der Waals surface area contributed by atoms with Crippen LogP contribution >= 0.6 is 23.5 Å². The number of Topliss-reactive ketones (excluding diaryl/α,β-unsaturated/α-hetero) is 1. The smallest absolute Gasteiger partial charge is 0.434 e. The van der Waals surface area contributed by atoms with Crippen molar-refractivity contribution in [3.8, 4) is 0 Å². The number of aliphatic hydroxyl groups is 1. The molecule has 2 heterocycles. The molecule has 4 aliphatic rings. The van der Waals surface area contributed by atoms with Crippen LogP contribution in [0.5, 0.6) is 0 Å². The van der Waals surface area contributed by atoms with Crippen LogP contribution in [0.15, 0.2) is 128 Å². The van der Waals surface area contributed by atoms with Gasteiger partial charge in [-0.25, -0.2) is 9.59 Å². The summed E-state index contributed by atoms with van der Waals surface area (Å²) in [7, 11) is 0. The first-order valence-corrected chi connectivity index (χ1v) is 23.4. The minimum Gasteiger partial charge on any atom is -0.506 e. The molecule has 3 aromatic carbocycles. The van der Waals surface area contributed by atoms with E-state index in [4.69, 9.17) is 9.47 Å². The summed E-state index contributed by atoms with van der Waals surface area (Å²) in [5.74, 6) is 0.447. The van der Waals surface area contributed by atoms with Crippen molar-refractivity contribution in [3.63, 3.8) is 0 Å². The van der Waals surface area contributed by atoms with Crippen LogP contribution < -0.4 is 10.2 Å². The van der Waals surface area contributed by atoms with Crippen LogP contribution in [-0.4, -0.2) is 82.6 Å². The minimum absolute atomic E-state index is 0.0591. The van der Waals surface area contributed by atoms with Crippen LogP contribution in [0.2, 0.25) is 0 Å². The number of thioether (sulfide) groups is 2. The molecule has 0 spiro atoms. The van der Waals surface area contributed by atoms with Gasteiger partial charge in [0.2, 0.25) is 5.78 Å².